The molecule has 1 nitrogen and oxygen atoms in total. The van der Waals surface area contributed by atoms with Crippen molar-refractivity contribution in [3.63, 3.8) is 0 Å². The molecule has 0 fully saturated rings. The molecule has 1 aliphatic rings. The van der Waals surface area contributed by atoms with Crippen molar-refractivity contribution in [3.8, 4) is 0 Å². The molecule has 2 aromatic carbocycles. The van der Waals surface area contributed by atoms with Crippen molar-refractivity contribution < 1.29 is 0 Å². The molecule has 0 atom stereocenters. The fourth-order valence-corrected chi connectivity index (χ4v) is 2.95. The highest BCUT2D eigenvalue weighted by Crippen LogP contribution is 2.29. The molecule has 0 bridgehead atoms. The third kappa shape index (κ3) is 3.22. The number of fused-ring (bicyclic) bond motifs is 1. The molecule has 106 valence electrons. The Bertz CT molecular complexity index is 551. The van der Waals surface area contributed by atoms with Gasteiger partial charge in [0.1, 0.15) is 0 Å². The van der Waals surface area contributed by atoms with Crippen molar-refractivity contribution in [1.82, 2.24) is 0 Å². The van der Waals surface area contributed by atoms with Gasteiger partial charge in [0, 0.05) is 18.8 Å². The minimum absolute atomic E-state index is 1.03. The molecule has 0 unspecified atom stereocenters. The van der Waals surface area contributed by atoms with E-state index >= 15 is 0 Å². The second-order valence-electron chi connectivity index (χ2n) is 5.30. The van der Waals surface area contributed by atoms with Crippen LogP contribution in [0.25, 0.3) is 0 Å². The van der Waals surface area contributed by atoms with Crippen molar-refractivity contribution in [2.24, 2.45) is 0 Å². The van der Waals surface area contributed by atoms with Crippen LogP contribution >= 0.6 is 0 Å². The summed E-state index contributed by atoms with van der Waals surface area (Å²) < 4.78 is 0. The normalized spacial score (nSPS) is 12.7. The summed E-state index contributed by atoms with van der Waals surface area (Å²) in [6, 6.07) is 15.6. The molecule has 1 aliphatic heterocycles. The first kappa shape index (κ1) is 14.6. The third-order valence-electron chi connectivity index (χ3n) is 3.64. The highest BCUT2D eigenvalue weighted by molar-refractivity contribution is 5.58. The Hall–Kier alpha value is -1.76. The summed E-state index contributed by atoms with van der Waals surface area (Å²) in [4.78, 5) is 2.49. The van der Waals surface area contributed by atoms with Crippen LogP contribution in [-0.4, -0.2) is 6.54 Å². The molecule has 1 heteroatoms. The number of para-hydroxylation sites is 1. The van der Waals surface area contributed by atoms with Gasteiger partial charge in [-0.2, -0.15) is 0 Å². The lowest BCUT2D eigenvalue weighted by atomic mass is 10.1. The molecular weight excluding hydrogens is 242 g/mol. The zero-order valence-corrected chi connectivity index (χ0v) is 13.1. The van der Waals surface area contributed by atoms with Gasteiger partial charge in [-0.15, -0.1) is 0 Å². The average molecular weight is 267 g/mol. The number of nitrogens with zero attached hydrogens (tertiary/aromatic N) is 1. The quantitative estimate of drug-likeness (QED) is 0.748. The Balaban J connectivity index is 0.000000704. The van der Waals surface area contributed by atoms with E-state index in [0.29, 0.717) is 0 Å². The van der Waals surface area contributed by atoms with Gasteiger partial charge in [0.25, 0.3) is 0 Å². The van der Waals surface area contributed by atoms with Gasteiger partial charge in [-0.05, 0) is 37.5 Å². The largest absolute Gasteiger partial charge is 0.367 e. The van der Waals surface area contributed by atoms with Gasteiger partial charge in [-0.25, -0.2) is 0 Å². The van der Waals surface area contributed by atoms with E-state index in [1.165, 1.54) is 34.4 Å². The van der Waals surface area contributed by atoms with Crippen LogP contribution in [0.15, 0.2) is 42.5 Å². The van der Waals surface area contributed by atoms with Crippen LogP contribution in [0.2, 0.25) is 0 Å². The molecule has 0 amide bonds. The Kier molecular flexibility index (Phi) is 4.84. The first-order valence-electron chi connectivity index (χ1n) is 7.62. The van der Waals surface area contributed by atoms with Gasteiger partial charge >= 0.3 is 0 Å². The highest BCUT2D eigenvalue weighted by atomic mass is 15.1. The van der Waals surface area contributed by atoms with Crippen molar-refractivity contribution in [2.45, 2.75) is 40.7 Å². The van der Waals surface area contributed by atoms with Crippen molar-refractivity contribution >= 4 is 5.69 Å². The molecule has 0 saturated carbocycles. The van der Waals surface area contributed by atoms with Crippen LogP contribution < -0.4 is 4.90 Å². The lowest BCUT2D eigenvalue weighted by Gasteiger charge is -2.20. The van der Waals surface area contributed by atoms with Crippen molar-refractivity contribution in [2.75, 3.05) is 11.4 Å². The summed E-state index contributed by atoms with van der Waals surface area (Å²) in [7, 11) is 0. The fourth-order valence-electron chi connectivity index (χ4n) is 2.95. The maximum atomic E-state index is 2.49. The number of hydrogen-bond acceptors (Lipinski definition) is 1. The van der Waals surface area contributed by atoms with Crippen LogP contribution in [0.4, 0.5) is 5.69 Å². The summed E-state index contributed by atoms with van der Waals surface area (Å²) >= 11 is 0. The average Bonchev–Trinajstić information content (AvgIpc) is 2.83. The maximum Gasteiger partial charge on any atom is 0.0429 e. The SMILES string of the molecule is CC.Cc1cc(C)cc(CN2CCc3ccccc32)c1. The first-order valence-corrected chi connectivity index (χ1v) is 7.62. The monoisotopic (exact) mass is 267 g/mol. The van der Waals surface area contributed by atoms with Crippen molar-refractivity contribution in [3.05, 3.63) is 64.7 Å². The number of benzene rings is 2. The van der Waals surface area contributed by atoms with Crippen LogP contribution in [0, 0.1) is 13.8 Å². The van der Waals surface area contributed by atoms with E-state index in [9.17, 15) is 0 Å². The van der Waals surface area contributed by atoms with Gasteiger partial charge < -0.3 is 4.90 Å². The predicted octanol–water partition coefficient (Wildman–Crippen LogP) is 4.89. The zero-order chi connectivity index (χ0) is 14.5. The molecule has 3 rings (SSSR count). The molecule has 2 aromatic rings. The van der Waals surface area contributed by atoms with Crippen molar-refractivity contribution in [1.29, 1.82) is 0 Å². The van der Waals surface area contributed by atoms with Gasteiger partial charge in [-0.1, -0.05) is 61.4 Å². The number of aryl methyl sites for hydroxylation is 2. The summed E-state index contributed by atoms with van der Waals surface area (Å²) in [5.74, 6) is 0. The maximum absolute atomic E-state index is 2.49. The number of rotatable bonds is 2. The minimum atomic E-state index is 1.03. The van der Waals surface area contributed by atoms with E-state index < -0.39 is 0 Å². The second kappa shape index (κ2) is 6.60. The van der Waals surface area contributed by atoms with Gasteiger partial charge in [0.2, 0.25) is 0 Å². The summed E-state index contributed by atoms with van der Waals surface area (Å²) in [5, 5.41) is 0. The Morgan fingerprint density at radius 2 is 1.60 bits per heavy atom. The Labute approximate surface area is 123 Å². The van der Waals surface area contributed by atoms with E-state index in [1.54, 1.807) is 0 Å². The van der Waals surface area contributed by atoms with E-state index in [4.69, 9.17) is 0 Å². The second-order valence-corrected chi connectivity index (χ2v) is 5.30. The molecule has 0 spiro atoms. The van der Waals surface area contributed by atoms with Crippen LogP contribution in [0.3, 0.4) is 0 Å². The predicted molar refractivity (Wildman–Crippen MR) is 88.5 cm³/mol. The molecule has 0 aromatic heterocycles. The van der Waals surface area contributed by atoms with Gasteiger partial charge in [-0.3, -0.25) is 0 Å². The van der Waals surface area contributed by atoms with E-state index in [0.717, 1.165) is 13.1 Å². The molecule has 0 radical (unpaired) electrons. The zero-order valence-electron chi connectivity index (χ0n) is 13.1. The molecular formula is C19H25N. The van der Waals surface area contributed by atoms with Crippen LogP contribution in [-0.2, 0) is 13.0 Å². The smallest absolute Gasteiger partial charge is 0.0429 e. The molecule has 1 heterocycles. The molecule has 0 saturated heterocycles. The lowest BCUT2D eigenvalue weighted by molar-refractivity contribution is 0.834. The van der Waals surface area contributed by atoms with E-state index in [1.807, 2.05) is 13.8 Å². The summed E-state index contributed by atoms with van der Waals surface area (Å²) in [6.45, 7) is 10.5. The molecule has 0 N–H and O–H groups in total. The topological polar surface area (TPSA) is 3.24 Å². The molecule has 20 heavy (non-hydrogen) atoms. The van der Waals surface area contributed by atoms with E-state index in [2.05, 4.69) is 61.2 Å². The van der Waals surface area contributed by atoms with E-state index in [-0.39, 0.29) is 0 Å². The third-order valence-corrected chi connectivity index (χ3v) is 3.64. The molecule has 0 aliphatic carbocycles. The van der Waals surface area contributed by atoms with Crippen LogP contribution in [0.1, 0.15) is 36.1 Å². The highest BCUT2D eigenvalue weighted by Gasteiger charge is 2.18. The van der Waals surface area contributed by atoms with Gasteiger partial charge in [0.15, 0.2) is 0 Å². The standard InChI is InChI=1S/C17H19N.C2H6/c1-13-9-14(2)11-15(10-13)12-18-8-7-16-5-3-4-6-17(16)18;1-2/h3-6,9-11H,7-8,12H2,1-2H3;1-2H3. The first-order chi connectivity index (χ1) is 9.72. The minimum Gasteiger partial charge on any atom is -0.367 e. The fraction of sp³-hybridized carbons (Fsp3) is 0.368. The Morgan fingerprint density at radius 1 is 0.950 bits per heavy atom. The lowest BCUT2D eigenvalue weighted by Crippen LogP contribution is -2.19. The van der Waals surface area contributed by atoms with Crippen LogP contribution in [0.5, 0.6) is 0 Å². The summed E-state index contributed by atoms with van der Waals surface area (Å²) in [6.07, 6.45) is 1.18. The Morgan fingerprint density at radius 3 is 2.30 bits per heavy atom. The number of anilines is 1. The summed E-state index contributed by atoms with van der Waals surface area (Å²) in [5.41, 5.74) is 7.04. The number of hydrogen-bond donors (Lipinski definition) is 0. The van der Waals surface area contributed by atoms with Gasteiger partial charge in [0.05, 0.1) is 0 Å².